The summed E-state index contributed by atoms with van der Waals surface area (Å²) in [7, 11) is -0.253. The first-order valence-corrected chi connectivity index (χ1v) is 13.0. The molecule has 2 amide bonds. The topological polar surface area (TPSA) is 162 Å². The molecule has 3 rings (SSSR count). The van der Waals surface area contributed by atoms with E-state index >= 15 is 0 Å². The van der Waals surface area contributed by atoms with Gasteiger partial charge in [-0.05, 0) is 13.3 Å². The Morgan fingerprint density at radius 3 is 2.62 bits per heavy atom. The van der Waals surface area contributed by atoms with Gasteiger partial charge in [0.25, 0.3) is 0 Å². The number of β-lactam (4-membered cyclic amide) rings is 1. The number of nitrogens with zero attached hydrogens (tertiary/aromatic N) is 2. The van der Waals surface area contributed by atoms with Crippen LogP contribution in [0.25, 0.3) is 0 Å². The number of nitrogens with two attached hydrogens (primary N) is 1. The van der Waals surface area contributed by atoms with Gasteiger partial charge >= 0.3 is 5.97 Å². The number of thioether (sulfide) groups is 1. The summed E-state index contributed by atoms with van der Waals surface area (Å²) in [4.78, 5) is 40.6. The predicted octanol–water partition coefficient (Wildman–Crippen LogP) is -1.42. The molecule has 6 atom stereocenters. The molecule has 32 heavy (non-hydrogen) atoms. The average molecular weight is 490 g/mol. The number of amides is 2. The number of hydrogen-bond acceptors (Lipinski definition) is 8. The number of aliphatic carboxylic acids is 1. The van der Waals surface area contributed by atoms with Crippen molar-refractivity contribution in [3.63, 3.8) is 0 Å². The standard InChI is InChI=1S/C19H31N5O6S2/c1-9-14-13(10(2)22-32(29,30)6-5-20)18(26)24(14)15(19(27)28)16(9)31-11-7-12(21-8-11)17(25)23(3)4/h9-14,21-22H,5-8,20H2,1-4H3,(H,27,28)/t9-,10-,11?,12?,13-,14+/m1/s1. The molecular formula is C19H31N5O6S2. The van der Waals surface area contributed by atoms with Crippen molar-refractivity contribution in [1.29, 1.82) is 0 Å². The number of hydrogen-bond donors (Lipinski definition) is 4. The number of carbonyl (C=O) groups is 3. The molecule has 11 nitrogen and oxygen atoms in total. The monoisotopic (exact) mass is 489 g/mol. The zero-order valence-electron chi connectivity index (χ0n) is 18.6. The van der Waals surface area contributed by atoms with E-state index in [1.165, 1.54) is 21.6 Å². The van der Waals surface area contributed by atoms with Crippen molar-refractivity contribution in [3.05, 3.63) is 10.6 Å². The van der Waals surface area contributed by atoms with Gasteiger partial charge in [-0.2, -0.15) is 0 Å². The first-order chi connectivity index (χ1) is 14.9. The van der Waals surface area contributed by atoms with Gasteiger partial charge in [-0.15, -0.1) is 11.8 Å². The number of sulfonamides is 1. The van der Waals surface area contributed by atoms with E-state index in [4.69, 9.17) is 5.73 Å². The van der Waals surface area contributed by atoms with Crippen molar-refractivity contribution in [3.8, 4) is 0 Å². The fourth-order valence-corrected chi connectivity index (χ4v) is 7.36. The molecule has 2 unspecified atom stereocenters. The summed E-state index contributed by atoms with van der Waals surface area (Å²) in [6, 6.07) is -1.44. The predicted molar refractivity (Wildman–Crippen MR) is 120 cm³/mol. The van der Waals surface area contributed by atoms with Gasteiger partial charge in [0.1, 0.15) is 5.70 Å². The second kappa shape index (κ2) is 9.29. The highest BCUT2D eigenvalue weighted by molar-refractivity contribution is 8.03. The summed E-state index contributed by atoms with van der Waals surface area (Å²) in [5.74, 6) is -2.78. The smallest absolute Gasteiger partial charge is 0.353 e. The molecule has 2 fully saturated rings. The Balaban J connectivity index is 1.76. The number of nitrogens with one attached hydrogen (secondary N) is 2. The van der Waals surface area contributed by atoms with E-state index in [9.17, 15) is 27.9 Å². The van der Waals surface area contributed by atoms with E-state index in [0.29, 0.717) is 17.9 Å². The minimum atomic E-state index is -3.63. The van der Waals surface area contributed by atoms with Crippen molar-refractivity contribution in [2.24, 2.45) is 17.6 Å². The van der Waals surface area contributed by atoms with Gasteiger partial charge in [0.2, 0.25) is 21.8 Å². The van der Waals surface area contributed by atoms with Crippen LogP contribution in [0.15, 0.2) is 10.6 Å². The lowest BCUT2D eigenvalue weighted by Crippen LogP contribution is -2.66. The number of rotatable bonds is 9. The maximum atomic E-state index is 12.9. The Morgan fingerprint density at radius 2 is 2.06 bits per heavy atom. The van der Waals surface area contributed by atoms with Gasteiger partial charge in [0.15, 0.2) is 0 Å². The van der Waals surface area contributed by atoms with Gasteiger partial charge in [-0.25, -0.2) is 17.9 Å². The molecule has 0 radical (unpaired) electrons. The van der Waals surface area contributed by atoms with E-state index < -0.39 is 39.9 Å². The van der Waals surface area contributed by atoms with Crippen molar-refractivity contribution in [1.82, 2.24) is 19.8 Å². The van der Waals surface area contributed by atoms with Crippen LogP contribution in [-0.2, 0) is 24.4 Å². The summed E-state index contributed by atoms with van der Waals surface area (Å²) in [6.45, 7) is 3.99. The summed E-state index contributed by atoms with van der Waals surface area (Å²) >= 11 is 1.39. The highest BCUT2D eigenvalue weighted by atomic mass is 32.2. The number of carboxylic acids is 1. The van der Waals surface area contributed by atoms with Crippen LogP contribution in [0.5, 0.6) is 0 Å². The maximum Gasteiger partial charge on any atom is 0.353 e. The van der Waals surface area contributed by atoms with Gasteiger partial charge in [-0.3, -0.25) is 9.59 Å². The third-order valence-corrected chi connectivity index (χ3v) is 9.22. The Hall–Kier alpha value is -1.67. The fraction of sp³-hybridized carbons (Fsp3) is 0.737. The molecule has 2 saturated heterocycles. The van der Waals surface area contributed by atoms with Crippen LogP contribution in [0.1, 0.15) is 20.3 Å². The number of carbonyl (C=O) groups excluding carboxylic acids is 2. The van der Waals surface area contributed by atoms with Gasteiger partial charge in [-0.1, -0.05) is 6.92 Å². The molecule has 0 spiro atoms. The minimum Gasteiger partial charge on any atom is -0.477 e. The van der Waals surface area contributed by atoms with E-state index in [1.54, 1.807) is 21.0 Å². The number of carboxylic acid groups (broad SMARTS) is 1. The lowest BCUT2D eigenvalue weighted by molar-refractivity contribution is -0.157. The molecule has 0 saturated carbocycles. The number of fused-ring (bicyclic) bond motifs is 1. The molecule has 0 bridgehead atoms. The Morgan fingerprint density at radius 1 is 1.41 bits per heavy atom. The molecule has 3 aliphatic heterocycles. The third kappa shape index (κ3) is 4.53. The molecule has 3 aliphatic rings. The van der Waals surface area contributed by atoms with Gasteiger partial charge < -0.3 is 26.0 Å². The molecular weight excluding hydrogens is 458 g/mol. The Kier molecular flexibility index (Phi) is 7.25. The molecule has 0 aromatic rings. The summed E-state index contributed by atoms with van der Waals surface area (Å²) in [5.41, 5.74) is 5.31. The van der Waals surface area contributed by atoms with Crippen LogP contribution in [0.2, 0.25) is 0 Å². The highest BCUT2D eigenvalue weighted by Gasteiger charge is 2.60. The second-order valence-corrected chi connectivity index (χ2v) is 11.9. The second-order valence-electron chi connectivity index (χ2n) is 8.71. The lowest BCUT2D eigenvalue weighted by atomic mass is 9.78. The van der Waals surface area contributed by atoms with Crippen LogP contribution in [0.3, 0.4) is 0 Å². The maximum absolute atomic E-state index is 12.9. The number of likely N-dealkylation sites (N-methyl/N-ethyl adjacent to an activating group) is 1. The summed E-state index contributed by atoms with van der Waals surface area (Å²) < 4.78 is 26.7. The van der Waals surface area contributed by atoms with Crippen molar-refractivity contribution in [2.75, 3.05) is 32.9 Å². The van der Waals surface area contributed by atoms with E-state index in [2.05, 4.69) is 10.0 Å². The molecule has 13 heteroatoms. The highest BCUT2D eigenvalue weighted by Crippen LogP contribution is 2.51. The summed E-state index contributed by atoms with van der Waals surface area (Å²) in [5, 5.41) is 13.0. The first-order valence-electron chi connectivity index (χ1n) is 10.5. The van der Waals surface area contributed by atoms with Crippen LogP contribution in [-0.4, -0.2) is 97.4 Å². The molecule has 5 N–H and O–H groups in total. The van der Waals surface area contributed by atoms with E-state index in [0.717, 1.165) is 0 Å². The van der Waals surface area contributed by atoms with Crippen molar-refractivity contribution >= 4 is 39.6 Å². The first kappa shape index (κ1) is 25.0. The molecule has 0 aliphatic carbocycles. The summed E-state index contributed by atoms with van der Waals surface area (Å²) in [6.07, 6.45) is 0.558. The average Bonchev–Trinajstić information content (AvgIpc) is 3.23. The van der Waals surface area contributed by atoms with E-state index in [1.807, 2.05) is 6.92 Å². The van der Waals surface area contributed by atoms with Crippen molar-refractivity contribution < 1.29 is 27.9 Å². The zero-order valence-corrected chi connectivity index (χ0v) is 20.2. The Labute approximate surface area is 192 Å². The van der Waals surface area contributed by atoms with Crippen molar-refractivity contribution in [2.45, 2.75) is 43.6 Å². The van der Waals surface area contributed by atoms with Crippen LogP contribution in [0, 0.1) is 11.8 Å². The van der Waals surface area contributed by atoms with Crippen LogP contribution >= 0.6 is 11.8 Å². The van der Waals surface area contributed by atoms with E-state index in [-0.39, 0.29) is 41.1 Å². The largest absolute Gasteiger partial charge is 0.477 e. The minimum absolute atomic E-state index is 0.0107. The van der Waals surface area contributed by atoms with Gasteiger partial charge in [0.05, 0.1) is 23.8 Å². The Bertz CT molecular complexity index is 936. The SMILES string of the molecule is C[C@@H](NS(=O)(=O)CCN)[C@H]1C(=O)N2C(C(=O)O)=C(SC3CNC(C(=O)N(C)C)C3)[C@H](C)[C@@H]12. The zero-order chi connectivity index (χ0) is 24.0. The third-order valence-electron chi connectivity index (χ3n) is 6.21. The van der Waals surface area contributed by atoms with Crippen LogP contribution in [0.4, 0.5) is 0 Å². The molecule has 3 heterocycles. The normalized spacial score (nSPS) is 30.8. The molecule has 0 aromatic heterocycles. The van der Waals surface area contributed by atoms with Crippen LogP contribution < -0.4 is 15.8 Å². The molecule has 0 aromatic carbocycles. The fourth-order valence-electron chi connectivity index (χ4n) is 4.74. The molecule has 180 valence electrons. The quantitative estimate of drug-likeness (QED) is 0.285. The lowest BCUT2D eigenvalue weighted by Gasteiger charge is -2.47. The van der Waals surface area contributed by atoms with Gasteiger partial charge in [0, 0.05) is 49.3 Å².